The van der Waals surface area contributed by atoms with Gasteiger partial charge in [0.15, 0.2) is 0 Å². The molecule has 2 aliphatic heterocycles. The minimum Gasteiger partial charge on any atom is -0.338 e. The van der Waals surface area contributed by atoms with Crippen LogP contribution in [0.25, 0.3) is 5.69 Å². The lowest BCUT2D eigenvalue weighted by atomic mass is 9.93. The number of para-hydroxylation sites is 1. The van der Waals surface area contributed by atoms with Crippen LogP contribution < -0.4 is 0 Å². The Labute approximate surface area is 205 Å². The molecule has 2 aliphatic rings. The van der Waals surface area contributed by atoms with Crippen molar-refractivity contribution in [2.24, 2.45) is 5.92 Å². The second-order valence-electron chi connectivity index (χ2n) is 9.53. The van der Waals surface area contributed by atoms with Gasteiger partial charge in [0.25, 0.3) is 11.8 Å². The van der Waals surface area contributed by atoms with E-state index in [-0.39, 0.29) is 29.8 Å². The van der Waals surface area contributed by atoms with Crippen LogP contribution in [0.2, 0.25) is 5.02 Å². The van der Waals surface area contributed by atoms with E-state index in [0.29, 0.717) is 29.4 Å². The Morgan fingerprint density at radius 2 is 1.76 bits per heavy atom. The van der Waals surface area contributed by atoms with Gasteiger partial charge in [-0.05, 0) is 56.0 Å². The number of amides is 2. The zero-order valence-electron chi connectivity index (χ0n) is 19.7. The summed E-state index contributed by atoms with van der Waals surface area (Å²) in [6.07, 6.45) is 1.51. The summed E-state index contributed by atoms with van der Waals surface area (Å²) in [6, 6.07) is 17.0. The third kappa shape index (κ3) is 3.80. The molecule has 0 N–H and O–H groups in total. The van der Waals surface area contributed by atoms with Gasteiger partial charge in [-0.1, -0.05) is 49.7 Å². The third-order valence-corrected chi connectivity index (χ3v) is 7.22. The number of aryl methyl sites for hydroxylation is 1. The quantitative estimate of drug-likeness (QED) is 0.514. The summed E-state index contributed by atoms with van der Waals surface area (Å²) in [4.78, 5) is 30.8. The maximum atomic E-state index is 13.9. The summed E-state index contributed by atoms with van der Waals surface area (Å²) in [5.74, 6) is 0.286. The van der Waals surface area contributed by atoms with Crippen molar-refractivity contribution in [3.05, 3.63) is 82.1 Å². The first kappa shape index (κ1) is 22.7. The van der Waals surface area contributed by atoms with Crippen LogP contribution in [0.15, 0.2) is 54.6 Å². The predicted molar refractivity (Wildman–Crippen MR) is 132 cm³/mol. The molecule has 0 aliphatic carbocycles. The summed E-state index contributed by atoms with van der Waals surface area (Å²) in [5.41, 5.74) is 4.13. The van der Waals surface area contributed by atoms with E-state index in [4.69, 9.17) is 16.7 Å². The van der Waals surface area contributed by atoms with Crippen LogP contribution in [0, 0.1) is 12.8 Å². The number of piperidine rings is 1. The fourth-order valence-corrected chi connectivity index (χ4v) is 5.63. The first-order valence-corrected chi connectivity index (χ1v) is 12.3. The average Bonchev–Trinajstić information content (AvgIpc) is 3.34. The van der Waals surface area contributed by atoms with E-state index in [2.05, 4.69) is 18.7 Å². The molecular weight excluding hydrogens is 448 g/mol. The summed E-state index contributed by atoms with van der Waals surface area (Å²) in [6.45, 7) is 7.56. The topological polar surface area (TPSA) is 58.4 Å². The van der Waals surface area contributed by atoms with Crippen molar-refractivity contribution in [2.45, 2.75) is 45.7 Å². The smallest absolute Gasteiger partial charge is 0.273 e. The van der Waals surface area contributed by atoms with Gasteiger partial charge in [0, 0.05) is 35.3 Å². The number of halogens is 1. The Balaban J connectivity index is 1.40. The molecule has 7 heteroatoms. The van der Waals surface area contributed by atoms with Crippen molar-refractivity contribution in [2.75, 3.05) is 13.1 Å². The van der Waals surface area contributed by atoms with Gasteiger partial charge in [-0.15, -0.1) is 0 Å². The Kier molecular flexibility index (Phi) is 5.94. The SMILES string of the molecule is Cc1nn(-c2ccccc2)c2c1C(C(C)C)N(C1CCN(C(=O)c3cccc(Cl)c3)CC1)C2=O. The first-order chi connectivity index (χ1) is 16.4. The maximum Gasteiger partial charge on any atom is 0.273 e. The predicted octanol–water partition coefficient (Wildman–Crippen LogP) is 5.29. The molecule has 6 nitrogen and oxygen atoms in total. The highest BCUT2D eigenvalue weighted by molar-refractivity contribution is 6.30. The summed E-state index contributed by atoms with van der Waals surface area (Å²) in [5, 5.41) is 5.31. The van der Waals surface area contributed by atoms with E-state index in [1.807, 2.05) is 42.2 Å². The Morgan fingerprint density at radius 1 is 1.06 bits per heavy atom. The number of rotatable bonds is 4. The molecule has 1 saturated heterocycles. The number of nitrogens with zero attached hydrogens (tertiary/aromatic N) is 4. The van der Waals surface area contributed by atoms with Crippen LogP contribution in [-0.4, -0.2) is 50.5 Å². The fraction of sp³-hybridized carbons (Fsp3) is 0.370. The molecule has 176 valence electrons. The molecule has 3 heterocycles. The zero-order chi connectivity index (χ0) is 24.0. The number of carbonyl (C=O) groups excluding carboxylic acids is 2. The van der Waals surface area contributed by atoms with Crippen molar-refractivity contribution in [1.29, 1.82) is 0 Å². The number of aromatic nitrogens is 2. The lowest BCUT2D eigenvalue weighted by molar-refractivity contribution is 0.0393. The van der Waals surface area contributed by atoms with E-state index in [9.17, 15) is 9.59 Å². The van der Waals surface area contributed by atoms with Crippen molar-refractivity contribution < 1.29 is 9.59 Å². The molecule has 1 unspecified atom stereocenters. The third-order valence-electron chi connectivity index (χ3n) is 6.99. The normalized spacial score (nSPS) is 18.6. The monoisotopic (exact) mass is 476 g/mol. The van der Waals surface area contributed by atoms with Gasteiger partial charge in [-0.3, -0.25) is 9.59 Å². The molecule has 34 heavy (non-hydrogen) atoms. The van der Waals surface area contributed by atoms with Gasteiger partial charge < -0.3 is 9.80 Å². The fourth-order valence-electron chi connectivity index (χ4n) is 5.44. The maximum absolute atomic E-state index is 13.9. The van der Waals surface area contributed by atoms with E-state index in [1.165, 1.54) is 0 Å². The number of carbonyl (C=O) groups is 2. The molecular formula is C27H29ClN4O2. The highest BCUT2D eigenvalue weighted by atomic mass is 35.5. The summed E-state index contributed by atoms with van der Waals surface area (Å²) < 4.78 is 1.81. The van der Waals surface area contributed by atoms with Gasteiger partial charge in [0.1, 0.15) is 5.69 Å². The second kappa shape index (κ2) is 8.91. The van der Waals surface area contributed by atoms with Crippen molar-refractivity contribution >= 4 is 23.4 Å². The summed E-state index contributed by atoms with van der Waals surface area (Å²) in [7, 11) is 0. The van der Waals surface area contributed by atoms with Crippen molar-refractivity contribution in [1.82, 2.24) is 19.6 Å². The largest absolute Gasteiger partial charge is 0.338 e. The van der Waals surface area contributed by atoms with Gasteiger partial charge in [0.2, 0.25) is 0 Å². The van der Waals surface area contributed by atoms with Gasteiger partial charge in [-0.25, -0.2) is 4.68 Å². The molecule has 0 radical (unpaired) electrons. The van der Waals surface area contributed by atoms with Crippen molar-refractivity contribution in [3.8, 4) is 5.69 Å². The van der Waals surface area contributed by atoms with Crippen molar-refractivity contribution in [3.63, 3.8) is 0 Å². The van der Waals surface area contributed by atoms with Gasteiger partial charge >= 0.3 is 0 Å². The molecule has 2 amide bonds. The van der Waals surface area contributed by atoms with Gasteiger partial charge in [-0.2, -0.15) is 5.10 Å². The zero-order valence-corrected chi connectivity index (χ0v) is 20.5. The standard InChI is InChI=1S/C27H29ClN4O2/c1-17(2)24-23-18(3)29-32(22-10-5-4-6-11-22)25(23)27(34)31(24)21-12-14-30(15-13-21)26(33)19-8-7-9-20(28)16-19/h4-11,16-17,21,24H,12-15H2,1-3H3. The average molecular weight is 477 g/mol. The minimum atomic E-state index is -0.0138. The molecule has 5 rings (SSSR count). The van der Waals surface area contributed by atoms with Crippen LogP contribution in [0.4, 0.5) is 0 Å². The Bertz CT molecular complexity index is 1230. The molecule has 2 aromatic carbocycles. The van der Waals surface area contributed by atoms with E-state index < -0.39 is 0 Å². The Hall–Kier alpha value is -3.12. The molecule has 0 bridgehead atoms. The van der Waals surface area contributed by atoms with Crippen LogP contribution in [0.3, 0.4) is 0 Å². The van der Waals surface area contributed by atoms with Crippen LogP contribution >= 0.6 is 11.6 Å². The van der Waals surface area contributed by atoms with E-state index >= 15 is 0 Å². The highest BCUT2D eigenvalue weighted by Crippen LogP contribution is 2.44. The molecule has 1 atom stereocenters. The van der Waals surface area contributed by atoms with Crippen LogP contribution in [-0.2, 0) is 0 Å². The molecule has 0 spiro atoms. The number of fused-ring (bicyclic) bond motifs is 1. The molecule has 3 aromatic rings. The van der Waals surface area contributed by atoms with E-state index in [1.54, 1.807) is 28.9 Å². The molecule has 1 aromatic heterocycles. The van der Waals surface area contributed by atoms with Crippen LogP contribution in [0.1, 0.15) is 64.8 Å². The number of hydrogen-bond acceptors (Lipinski definition) is 3. The lowest BCUT2D eigenvalue weighted by Crippen LogP contribution is -2.49. The molecule has 0 saturated carbocycles. The Morgan fingerprint density at radius 3 is 2.41 bits per heavy atom. The second-order valence-corrected chi connectivity index (χ2v) is 9.97. The molecule has 1 fully saturated rings. The highest BCUT2D eigenvalue weighted by Gasteiger charge is 2.47. The van der Waals surface area contributed by atoms with Gasteiger partial charge in [0.05, 0.1) is 17.4 Å². The van der Waals surface area contributed by atoms with E-state index in [0.717, 1.165) is 29.8 Å². The number of likely N-dealkylation sites (tertiary alicyclic amines) is 1. The minimum absolute atomic E-state index is 0.00652. The number of hydrogen-bond donors (Lipinski definition) is 0. The first-order valence-electron chi connectivity index (χ1n) is 11.9. The number of benzene rings is 2. The summed E-state index contributed by atoms with van der Waals surface area (Å²) >= 11 is 6.08. The lowest BCUT2D eigenvalue weighted by Gasteiger charge is -2.40. The van der Waals surface area contributed by atoms with Crippen LogP contribution in [0.5, 0.6) is 0 Å².